The first-order valence-corrected chi connectivity index (χ1v) is 16.5. The molecule has 22 nitrogen and oxygen atoms in total. The van der Waals surface area contributed by atoms with Gasteiger partial charge >= 0.3 is 71.6 Å². The van der Waals surface area contributed by atoms with Gasteiger partial charge in [0.1, 0.15) is 0 Å². The van der Waals surface area contributed by atoms with Gasteiger partial charge in [-0.25, -0.2) is 0 Å². The van der Waals surface area contributed by atoms with Crippen LogP contribution < -0.4 is 0 Å². The SMILES string of the molecule is CC1=CC(C2CC(=O)OC2=O)CC(C(=O)O)C1C(=O)O.O=C(CC1C(C(=O)O)CC(C(=O)O)C1C(=O)O)OC(=O)CC1C(C(=O)O)CC(C(=O)O)C1C(=O)O. The van der Waals surface area contributed by atoms with E-state index >= 15 is 0 Å². The molecule has 4 rings (SSSR count). The first-order valence-electron chi connectivity index (χ1n) is 16.5. The minimum atomic E-state index is -1.77. The van der Waals surface area contributed by atoms with Crippen molar-refractivity contribution in [3.63, 3.8) is 0 Å². The number of hydrogen-bond acceptors (Lipinski definition) is 14. The molecule has 12 atom stereocenters. The second-order valence-corrected chi connectivity index (χ2v) is 13.7. The molecule has 300 valence electrons. The van der Waals surface area contributed by atoms with Crippen LogP contribution in [0, 0.1) is 71.0 Å². The molecular formula is C33H36O22. The zero-order valence-electron chi connectivity index (χ0n) is 28.5. The summed E-state index contributed by atoms with van der Waals surface area (Å²) in [6.07, 6.45) is -1.57. The fourth-order valence-corrected chi connectivity index (χ4v) is 8.17. The molecule has 0 bridgehead atoms. The number of carbonyl (C=O) groups excluding carboxylic acids is 4. The number of allylic oxidation sites excluding steroid dienone is 1. The molecule has 3 aliphatic carbocycles. The van der Waals surface area contributed by atoms with Crippen molar-refractivity contribution in [1.82, 2.24) is 0 Å². The van der Waals surface area contributed by atoms with Crippen LogP contribution in [-0.4, -0.2) is 112 Å². The second-order valence-electron chi connectivity index (χ2n) is 13.7. The molecule has 4 aliphatic rings. The average molecular weight is 785 g/mol. The van der Waals surface area contributed by atoms with E-state index in [0.29, 0.717) is 5.57 Å². The third-order valence-electron chi connectivity index (χ3n) is 10.6. The summed E-state index contributed by atoms with van der Waals surface area (Å²) in [5.41, 5.74) is 0.397. The Morgan fingerprint density at radius 1 is 0.582 bits per heavy atom. The van der Waals surface area contributed by atoms with Crippen LogP contribution in [0.1, 0.15) is 45.4 Å². The smallest absolute Gasteiger partial charge is 0.317 e. The molecule has 2 saturated carbocycles. The summed E-state index contributed by atoms with van der Waals surface area (Å²) in [7, 11) is 0. The highest BCUT2D eigenvalue weighted by Gasteiger charge is 2.55. The van der Waals surface area contributed by atoms with Gasteiger partial charge in [0.05, 0.1) is 72.5 Å². The van der Waals surface area contributed by atoms with Crippen molar-refractivity contribution in [2.45, 2.75) is 45.4 Å². The van der Waals surface area contributed by atoms with E-state index in [9.17, 15) is 93.3 Å². The Morgan fingerprint density at radius 2 is 0.982 bits per heavy atom. The maximum Gasteiger partial charge on any atom is 0.317 e. The van der Waals surface area contributed by atoms with Gasteiger partial charge in [-0.1, -0.05) is 11.6 Å². The summed E-state index contributed by atoms with van der Waals surface area (Å²) in [6, 6.07) is 0. The van der Waals surface area contributed by atoms with Gasteiger partial charge in [0.2, 0.25) is 0 Å². The van der Waals surface area contributed by atoms with Crippen molar-refractivity contribution in [2.24, 2.45) is 71.0 Å². The quantitative estimate of drug-likeness (QED) is 0.0664. The third kappa shape index (κ3) is 9.67. The van der Waals surface area contributed by atoms with E-state index < -0.39 is 168 Å². The normalized spacial score (nSPS) is 32.5. The van der Waals surface area contributed by atoms with Crippen LogP contribution in [-0.2, 0) is 67.0 Å². The Morgan fingerprint density at radius 3 is 1.29 bits per heavy atom. The predicted octanol–water partition coefficient (Wildman–Crippen LogP) is -0.475. The van der Waals surface area contributed by atoms with E-state index in [1.54, 1.807) is 6.08 Å². The summed E-state index contributed by atoms with van der Waals surface area (Å²) in [4.78, 5) is 139. The van der Waals surface area contributed by atoms with Gasteiger partial charge in [-0.05, 0) is 43.9 Å². The number of cyclic esters (lactones) is 2. The molecule has 12 unspecified atom stereocenters. The molecule has 0 aromatic rings. The van der Waals surface area contributed by atoms with Gasteiger partial charge in [0.25, 0.3) is 0 Å². The lowest BCUT2D eigenvalue weighted by atomic mass is 9.70. The Bertz CT molecular complexity index is 1650. The van der Waals surface area contributed by atoms with Gasteiger partial charge in [-0.2, -0.15) is 0 Å². The summed E-state index contributed by atoms with van der Waals surface area (Å²) >= 11 is 0. The number of ether oxygens (including phenoxy) is 2. The lowest BCUT2D eigenvalue weighted by molar-refractivity contribution is -0.164. The minimum absolute atomic E-state index is 0.0106. The number of esters is 4. The number of carboxylic acids is 8. The van der Waals surface area contributed by atoms with Crippen LogP contribution in [0.25, 0.3) is 0 Å². The van der Waals surface area contributed by atoms with Crippen LogP contribution in [0.15, 0.2) is 11.6 Å². The molecule has 22 heteroatoms. The highest BCUT2D eigenvalue weighted by atomic mass is 16.6. The molecule has 0 aromatic carbocycles. The van der Waals surface area contributed by atoms with E-state index in [4.69, 9.17) is 5.11 Å². The zero-order chi connectivity index (χ0) is 41.8. The number of carboxylic acid groups (broad SMARTS) is 8. The molecule has 3 fully saturated rings. The lowest BCUT2D eigenvalue weighted by Gasteiger charge is -2.31. The van der Waals surface area contributed by atoms with Crippen molar-refractivity contribution in [3.8, 4) is 0 Å². The summed E-state index contributed by atoms with van der Waals surface area (Å²) in [5, 5.41) is 74.2. The first-order chi connectivity index (χ1) is 25.5. The van der Waals surface area contributed by atoms with Crippen LogP contribution in [0.3, 0.4) is 0 Å². The van der Waals surface area contributed by atoms with Crippen LogP contribution in [0.4, 0.5) is 0 Å². The highest BCUT2D eigenvalue weighted by molar-refractivity contribution is 5.95. The molecular weight excluding hydrogens is 748 g/mol. The molecule has 55 heavy (non-hydrogen) atoms. The van der Waals surface area contributed by atoms with Crippen molar-refractivity contribution in [1.29, 1.82) is 0 Å². The van der Waals surface area contributed by atoms with E-state index in [0.717, 1.165) is 0 Å². The van der Waals surface area contributed by atoms with E-state index in [-0.39, 0.29) is 12.8 Å². The Labute approximate surface area is 307 Å². The van der Waals surface area contributed by atoms with Gasteiger partial charge in [-0.3, -0.25) is 57.5 Å². The fourth-order valence-electron chi connectivity index (χ4n) is 8.17. The monoisotopic (exact) mass is 784 g/mol. The summed E-state index contributed by atoms with van der Waals surface area (Å²) in [5.74, 6) is -32.4. The van der Waals surface area contributed by atoms with E-state index in [2.05, 4.69) is 9.47 Å². The maximum atomic E-state index is 12.3. The standard InChI is InChI=1S/C20H22O15.C13H14O7/c21-11(3-5-7(15(23)24)1-9(17(27)28)13(5)19(31)32)35-12(22)4-6-8(16(25)26)2-10(18(29)30)14(6)20(33)34;1-5-2-6(7-4-9(14)20-13(7)19)3-8(11(15)16)10(5)12(17)18/h5-10,13-14H,1-4H2,(H,23,24)(H,25,26)(H,27,28)(H,29,30)(H,31,32)(H,33,34);2,6-8,10H,3-4H2,1H3,(H,15,16)(H,17,18). The van der Waals surface area contributed by atoms with E-state index in [1.165, 1.54) is 6.92 Å². The first kappa shape index (κ1) is 43.2. The Balaban J connectivity index is 0.000000342. The topological polar surface area (TPSA) is 385 Å². The highest BCUT2D eigenvalue weighted by Crippen LogP contribution is 2.46. The van der Waals surface area contributed by atoms with Crippen molar-refractivity contribution in [2.75, 3.05) is 0 Å². The van der Waals surface area contributed by atoms with Crippen LogP contribution in [0.5, 0.6) is 0 Å². The number of hydrogen-bond donors (Lipinski definition) is 8. The Kier molecular flexibility index (Phi) is 13.6. The molecule has 8 N–H and O–H groups in total. The fraction of sp³-hybridized carbons (Fsp3) is 0.576. The molecule has 0 spiro atoms. The largest absolute Gasteiger partial charge is 0.481 e. The number of rotatable bonds is 13. The van der Waals surface area contributed by atoms with Gasteiger partial charge in [0.15, 0.2) is 0 Å². The lowest BCUT2D eigenvalue weighted by Crippen LogP contribution is -2.37. The molecule has 1 saturated heterocycles. The van der Waals surface area contributed by atoms with E-state index in [1.807, 2.05) is 0 Å². The molecule has 0 radical (unpaired) electrons. The predicted molar refractivity (Wildman–Crippen MR) is 167 cm³/mol. The zero-order valence-corrected chi connectivity index (χ0v) is 28.5. The number of aliphatic carboxylic acids is 8. The molecule has 0 aromatic heterocycles. The second kappa shape index (κ2) is 17.3. The summed E-state index contributed by atoms with van der Waals surface area (Å²) in [6.45, 7) is 1.53. The van der Waals surface area contributed by atoms with Gasteiger partial charge < -0.3 is 50.3 Å². The molecule has 1 aliphatic heterocycles. The maximum absolute atomic E-state index is 12.3. The van der Waals surface area contributed by atoms with Crippen molar-refractivity contribution in [3.05, 3.63) is 11.6 Å². The Hall–Kier alpha value is -6.22. The van der Waals surface area contributed by atoms with Crippen LogP contribution in [0.2, 0.25) is 0 Å². The van der Waals surface area contributed by atoms with Crippen LogP contribution >= 0.6 is 0 Å². The minimum Gasteiger partial charge on any atom is -0.481 e. The van der Waals surface area contributed by atoms with Gasteiger partial charge in [-0.15, -0.1) is 0 Å². The molecule has 1 heterocycles. The average Bonchev–Trinajstić information content (AvgIpc) is 3.73. The van der Waals surface area contributed by atoms with Crippen molar-refractivity contribution >= 4 is 71.6 Å². The number of carbonyl (C=O) groups is 12. The van der Waals surface area contributed by atoms with Gasteiger partial charge in [0, 0.05) is 0 Å². The third-order valence-corrected chi connectivity index (χ3v) is 10.6. The summed E-state index contributed by atoms with van der Waals surface area (Å²) < 4.78 is 8.99. The van der Waals surface area contributed by atoms with Crippen molar-refractivity contribution < 1.29 is 108 Å². The molecule has 0 amide bonds.